The molecule has 3 aliphatic heterocycles. The third kappa shape index (κ3) is 2.98. The first-order valence-corrected chi connectivity index (χ1v) is 10.1. The number of aromatic nitrogens is 3. The monoisotopic (exact) mass is 414 g/mol. The number of hydrogen-bond donors (Lipinski definition) is 1. The van der Waals surface area contributed by atoms with Gasteiger partial charge in [0.2, 0.25) is 5.90 Å². The van der Waals surface area contributed by atoms with Crippen LogP contribution < -0.4 is 10.2 Å². The summed E-state index contributed by atoms with van der Waals surface area (Å²) in [6, 6.07) is 6.04. The smallest absolute Gasteiger partial charge is 0.235 e. The molecular weight excluding hydrogens is 392 g/mol. The molecule has 9 heteroatoms. The molecule has 0 saturated carbocycles. The molecule has 0 bridgehead atoms. The second-order valence-electron chi connectivity index (χ2n) is 7.76. The zero-order valence-corrected chi connectivity index (χ0v) is 17.4. The van der Waals surface area contributed by atoms with Crippen LogP contribution in [0, 0.1) is 5.92 Å². The number of anilines is 1. The van der Waals surface area contributed by atoms with Gasteiger partial charge in [0.1, 0.15) is 18.9 Å². The van der Waals surface area contributed by atoms with E-state index in [1.165, 1.54) is 0 Å². The number of hydrogen-bond acceptors (Lipinski definition) is 7. The van der Waals surface area contributed by atoms with Crippen LogP contribution in [0.25, 0.3) is 11.4 Å². The lowest BCUT2D eigenvalue weighted by Gasteiger charge is -2.21. The van der Waals surface area contributed by atoms with Crippen LogP contribution in [0.2, 0.25) is 5.02 Å². The predicted octanol–water partition coefficient (Wildman–Crippen LogP) is 2.79. The van der Waals surface area contributed by atoms with E-state index in [4.69, 9.17) is 26.1 Å². The van der Waals surface area contributed by atoms with Gasteiger partial charge < -0.3 is 24.3 Å². The van der Waals surface area contributed by atoms with Crippen molar-refractivity contribution >= 4 is 23.2 Å². The summed E-state index contributed by atoms with van der Waals surface area (Å²) in [5.41, 5.74) is 3.98. The Morgan fingerprint density at radius 1 is 1.34 bits per heavy atom. The lowest BCUT2D eigenvalue weighted by atomic mass is 10.1. The summed E-state index contributed by atoms with van der Waals surface area (Å²) in [7, 11) is 1.66. The van der Waals surface area contributed by atoms with E-state index in [2.05, 4.69) is 38.8 Å². The molecule has 1 aromatic carbocycles. The SMILES string of the molecule is COCc1nnc2n1CC1=C(C3=N[C@@H](C(C)C)CO3)NCN1c1ccc(Cl)cc1-2. The molecule has 0 radical (unpaired) electrons. The summed E-state index contributed by atoms with van der Waals surface area (Å²) >= 11 is 6.32. The summed E-state index contributed by atoms with van der Waals surface area (Å²) in [4.78, 5) is 7.06. The standard InChI is InChI=1S/C20H23ClN6O2/c1-11(2)14-8-29-20(23-14)18-16-7-26-17(9-28-3)24-25-19(26)13-6-12(21)4-5-15(13)27(16)10-22-18/h4-6,11,14,22H,7-10H2,1-3H3/t14-/m1/s1. The Morgan fingerprint density at radius 3 is 2.97 bits per heavy atom. The average Bonchev–Trinajstić information content (AvgIpc) is 3.40. The first kappa shape index (κ1) is 18.4. The van der Waals surface area contributed by atoms with Crippen LogP contribution in [0.3, 0.4) is 0 Å². The van der Waals surface area contributed by atoms with Gasteiger partial charge in [0.15, 0.2) is 11.6 Å². The average molecular weight is 415 g/mol. The van der Waals surface area contributed by atoms with Crippen molar-refractivity contribution in [2.75, 3.05) is 25.3 Å². The molecule has 5 rings (SSSR count). The van der Waals surface area contributed by atoms with Crippen LogP contribution in [0.4, 0.5) is 5.69 Å². The maximum Gasteiger partial charge on any atom is 0.235 e. The number of allylic oxidation sites excluding steroid dienone is 1. The van der Waals surface area contributed by atoms with Gasteiger partial charge in [0, 0.05) is 17.7 Å². The highest BCUT2D eigenvalue weighted by atomic mass is 35.5. The van der Waals surface area contributed by atoms with Gasteiger partial charge in [-0.15, -0.1) is 10.2 Å². The van der Waals surface area contributed by atoms with E-state index >= 15 is 0 Å². The number of nitrogens with zero attached hydrogens (tertiary/aromatic N) is 5. The van der Waals surface area contributed by atoms with Crippen molar-refractivity contribution < 1.29 is 9.47 Å². The lowest BCUT2D eigenvalue weighted by Crippen LogP contribution is -2.24. The largest absolute Gasteiger partial charge is 0.474 e. The Morgan fingerprint density at radius 2 is 2.21 bits per heavy atom. The third-order valence-corrected chi connectivity index (χ3v) is 5.82. The molecule has 0 amide bonds. The lowest BCUT2D eigenvalue weighted by molar-refractivity contribution is 0.174. The van der Waals surface area contributed by atoms with Gasteiger partial charge in [-0.1, -0.05) is 25.4 Å². The maximum atomic E-state index is 6.32. The van der Waals surface area contributed by atoms with Crippen molar-refractivity contribution in [3.63, 3.8) is 0 Å². The van der Waals surface area contributed by atoms with Crippen molar-refractivity contribution in [3.8, 4) is 11.4 Å². The molecule has 29 heavy (non-hydrogen) atoms. The molecule has 1 atom stereocenters. The van der Waals surface area contributed by atoms with Crippen LogP contribution >= 0.6 is 11.6 Å². The number of nitrogens with one attached hydrogen (secondary N) is 1. The van der Waals surface area contributed by atoms with E-state index in [9.17, 15) is 0 Å². The van der Waals surface area contributed by atoms with E-state index in [0.29, 0.717) is 43.3 Å². The molecule has 152 valence electrons. The second kappa shape index (κ2) is 7.03. The molecular formula is C20H23ClN6O2. The molecule has 0 unspecified atom stereocenters. The number of rotatable bonds is 4. The number of aliphatic imine (C=N–C) groups is 1. The molecule has 0 saturated heterocycles. The number of ether oxygens (including phenoxy) is 2. The number of fused-ring (bicyclic) bond motifs is 5. The Bertz CT molecular complexity index is 1030. The van der Waals surface area contributed by atoms with Gasteiger partial charge >= 0.3 is 0 Å². The summed E-state index contributed by atoms with van der Waals surface area (Å²) in [6.45, 7) is 6.55. The van der Waals surface area contributed by atoms with Gasteiger partial charge in [-0.05, 0) is 24.1 Å². The van der Waals surface area contributed by atoms with E-state index in [0.717, 1.165) is 34.3 Å². The number of halogens is 1. The minimum atomic E-state index is 0.181. The summed E-state index contributed by atoms with van der Waals surface area (Å²) in [6.07, 6.45) is 0. The van der Waals surface area contributed by atoms with E-state index in [1.807, 2.05) is 18.2 Å². The fourth-order valence-corrected chi connectivity index (χ4v) is 4.13. The highest BCUT2D eigenvalue weighted by Crippen LogP contribution is 2.40. The van der Waals surface area contributed by atoms with Crippen LogP contribution in [0.15, 0.2) is 34.6 Å². The zero-order valence-electron chi connectivity index (χ0n) is 16.6. The molecule has 0 spiro atoms. The summed E-state index contributed by atoms with van der Waals surface area (Å²) in [5.74, 6) is 2.67. The predicted molar refractivity (Wildman–Crippen MR) is 111 cm³/mol. The van der Waals surface area contributed by atoms with E-state index < -0.39 is 0 Å². The van der Waals surface area contributed by atoms with E-state index in [-0.39, 0.29) is 6.04 Å². The first-order valence-electron chi connectivity index (χ1n) is 9.73. The van der Waals surface area contributed by atoms with Crippen molar-refractivity contribution in [2.45, 2.75) is 33.0 Å². The minimum Gasteiger partial charge on any atom is -0.474 e. The minimum absolute atomic E-state index is 0.181. The maximum absolute atomic E-state index is 6.32. The van der Waals surface area contributed by atoms with Crippen molar-refractivity contribution in [1.82, 2.24) is 20.1 Å². The Labute approximate surface area is 174 Å². The number of methoxy groups -OCH3 is 1. The molecule has 0 aliphatic carbocycles. The van der Waals surface area contributed by atoms with Gasteiger partial charge in [-0.2, -0.15) is 0 Å². The van der Waals surface area contributed by atoms with Crippen molar-refractivity contribution in [2.24, 2.45) is 10.9 Å². The Kier molecular flexibility index (Phi) is 4.48. The molecule has 8 nitrogen and oxygen atoms in total. The highest BCUT2D eigenvalue weighted by molar-refractivity contribution is 6.31. The van der Waals surface area contributed by atoms with E-state index in [1.54, 1.807) is 7.11 Å². The van der Waals surface area contributed by atoms with Crippen molar-refractivity contribution in [3.05, 3.63) is 40.4 Å². The Hall–Kier alpha value is -2.58. The number of benzene rings is 1. The van der Waals surface area contributed by atoms with Crippen molar-refractivity contribution in [1.29, 1.82) is 0 Å². The quantitative estimate of drug-likeness (QED) is 0.829. The third-order valence-electron chi connectivity index (χ3n) is 5.58. The van der Waals surface area contributed by atoms with Crippen LogP contribution in [0.5, 0.6) is 0 Å². The molecule has 2 aromatic rings. The fourth-order valence-electron chi connectivity index (χ4n) is 3.96. The van der Waals surface area contributed by atoms with Gasteiger partial charge in [-0.25, -0.2) is 4.99 Å². The molecule has 1 aromatic heterocycles. The molecule has 3 aliphatic rings. The van der Waals surface area contributed by atoms with Gasteiger partial charge in [0.25, 0.3) is 0 Å². The normalized spacial score (nSPS) is 20.1. The Balaban J connectivity index is 1.67. The van der Waals surface area contributed by atoms with Gasteiger partial charge in [-0.3, -0.25) is 0 Å². The highest BCUT2D eigenvalue weighted by Gasteiger charge is 2.36. The summed E-state index contributed by atoms with van der Waals surface area (Å²) < 4.78 is 13.4. The molecule has 4 heterocycles. The second-order valence-corrected chi connectivity index (χ2v) is 8.20. The van der Waals surface area contributed by atoms with Gasteiger partial charge in [0.05, 0.1) is 30.6 Å². The molecule has 1 N–H and O–H groups in total. The fraction of sp³-hybridized carbons (Fsp3) is 0.450. The topological polar surface area (TPSA) is 76.8 Å². The van der Waals surface area contributed by atoms with Crippen LogP contribution in [0.1, 0.15) is 19.7 Å². The first-order chi connectivity index (χ1) is 14.1. The molecule has 0 fully saturated rings. The van der Waals surface area contributed by atoms with Crippen LogP contribution in [-0.2, 0) is 22.6 Å². The summed E-state index contributed by atoms with van der Waals surface area (Å²) in [5, 5.41) is 12.9. The van der Waals surface area contributed by atoms with Crippen LogP contribution in [-0.4, -0.2) is 47.1 Å². The zero-order chi connectivity index (χ0) is 20.1.